The second-order valence-corrected chi connectivity index (χ2v) is 20.0. The van der Waals surface area contributed by atoms with E-state index in [0.717, 1.165) is 62.2 Å². The predicted molar refractivity (Wildman–Crippen MR) is 204 cm³/mol. The van der Waals surface area contributed by atoms with E-state index < -0.39 is 19.8 Å². The van der Waals surface area contributed by atoms with Crippen LogP contribution >= 0.6 is 11.6 Å². The lowest BCUT2D eigenvalue weighted by atomic mass is 9.78. The first kappa shape index (κ1) is 36.1. The van der Waals surface area contributed by atoms with E-state index in [2.05, 4.69) is 60.1 Å². The molecule has 0 bridgehead atoms. The molecule has 2 saturated heterocycles. The monoisotopic (exact) mass is 732 g/mol. The third kappa shape index (κ3) is 6.87. The molecule has 0 N–H and O–H groups in total. The Morgan fingerprint density at radius 2 is 1.43 bits per heavy atom. The number of fused-ring (bicyclic) bond motifs is 6. The van der Waals surface area contributed by atoms with E-state index in [-0.39, 0.29) is 11.8 Å². The Hall–Kier alpha value is -3.24. The standard InChI is InChI=1S/C41H50ClFN2O5Si/c1-28-24-44(25-28)31-11-14-34-38(22-31)51(2,3)39-23-32(45-26-30(43)27-45)12-15-35(39)41(34)36-21-29(10-13-33(36)40(47)50-41)37(46)9-8-18-49-20-19-48-17-7-5-4-6-16-42/h10-15,21-23,28,30H,4-9,16-20,24-27H2,1-3H3. The molecule has 3 aromatic rings. The number of halogens is 2. The number of carbonyl (C=O) groups is 2. The van der Waals surface area contributed by atoms with Gasteiger partial charge in [0.05, 0.1) is 31.9 Å². The molecule has 4 aliphatic rings. The highest BCUT2D eigenvalue weighted by atomic mass is 35.5. The highest BCUT2D eigenvalue weighted by Crippen LogP contribution is 2.50. The first-order valence-electron chi connectivity index (χ1n) is 18.7. The Labute approximate surface area is 307 Å². The van der Waals surface area contributed by atoms with Crippen molar-refractivity contribution in [3.05, 3.63) is 82.4 Å². The lowest BCUT2D eigenvalue weighted by molar-refractivity contribution is 0.0255. The molecular weight excluding hydrogens is 683 g/mol. The van der Waals surface area contributed by atoms with Crippen molar-refractivity contribution in [2.75, 3.05) is 68.3 Å². The summed E-state index contributed by atoms with van der Waals surface area (Å²) in [5.74, 6) is 0.986. The maximum Gasteiger partial charge on any atom is 0.340 e. The fourth-order valence-electron chi connectivity index (χ4n) is 8.23. The van der Waals surface area contributed by atoms with Gasteiger partial charge in [0.1, 0.15) is 14.2 Å². The SMILES string of the molecule is CC1CN(c2ccc3c(c2)[Si](C)(C)c2cc(N4CC(F)C4)ccc2C32OC(=O)c3ccc(C(=O)CCCOCCOCCCCCCCl)cc32)C1. The maximum atomic E-state index is 14.0. The van der Waals surface area contributed by atoms with E-state index >= 15 is 0 Å². The second kappa shape index (κ2) is 15.0. The summed E-state index contributed by atoms with van der Waals surface area (Å²) in [5.41, 5.74) is 4.69. The van der Waals surface area contributed by atoms with E-state index in [1.165, 1.54) is 16.1 Å². The minimum atomic E-state index is -2.35. The van der Waals surface area contributed by atoms with Crippen LogP contribution in [0.2, 0.25) is 13.1 Å². The maximum absolute atomic E-state index is 14.0. The normalized spacial score (nSPS) is 20.5. The molecule has 0 aromatic heterocycles. The number of alkyl halides is 2. The molecular formula is C41H50ClFN2O5Si. The number of ether oxygens (including phenoxy) is 3. The van der Waals surface area contributed by atoms with Crippen LogP contribution < -0.4 is 20.2 Å². The molecule has 4 aliphatic heterocycles. The van der Waals surface area contributed by atoms with Crippen LogP contribution in [0.5, 0.6) is 0 Å². The van der Waals surface area contributed by atoms with Gasteiger partial charge < -0.3 is 24.0 Å². The van der Waals surface area contributed by atoms with Crippen LogP contribution in [0.25, 0.3) is 0 Å². The van der Waals surface area contributed by atoms with Crippen LogP contribution in [0.15, 0.2) is 54.6 Å². The van der Waals surface area contributed by atoms with E-state index in [1.54, 1.807) is 12.1 Å². The van der Waals surface area contributed by atoms with Gasteiger partial charge in [-0.1, -0.05) is 51.1 Å². The summed E-state index contributed by atoms with van der Waals surface area (Å²) in [7, 11) is -2.35. The first-order chi connectivity index (χ1) is 24.6. The van der Waals surface area contributed by atoms with Crippen LogP contribution in [-0.4, -0.2) is 84.5 Å². The molecule has 7 rings (SSSR count). The topological polar surface area (TPSA) is 68.3 Å². The molecule has 7 nitrogen and oxygen atoms in total. The van der Waals surface area contributed by atoms with Crippen LogP contribution in [-0.2, 0) is 19.8 Å². The smallest absolute Gasteiger partial charge is 0.340 e. The second-order valence-electron chi connectivity index (χ2n) is 15.3. The van der Waals surface area contributed by atoms with Gasteiger partial charge in [-0.3, -0.25) is 4.79 Å². The van der Waals surface area contributed by atoms with Crippen molar-refractivity contribution in [3.63, 3.8) is 0 Å². The Bertz CT molecular complexity index is 1700. The third-order valence-corrected chi connectivity index (χ3v) is 15.0. The minimum Gasteiger partial charge on any atom is -0.441 e. The molecule has 2 fully saturated rings. The van der Waals surface area contributed by atoms with Gasteiger partial charge in [0.2, 0.25) is 0 Å². The summed E-state index contributed by atoms with van der Waals surface area (Å²) in [6, 6.07) is 18.4. The van der Waals surface area contributed by atoms with Gasteiger partial charge in [-0.15, -0.1) is 11.6 Å². The zero-order valence-corrected chi connectivity index (χ0v) is 31.9. The number of Topliss-reactive ketones (excluding diaryl/α,β-unsaturated/α-hetero) is 1. The first-order valence-corrected chi connectivity index (χ1v) is 22.2. The van der Waals surface area contributed by atoms with Gasteiger partial charge in [-0.2, -0.15) is 0 Å². The van der Waals surface area contributed by atoms with Gasteiger partial charge >= 0.3 is 5.97 Å². The van der Waals surface area contributed by atoms with Crippen molar-refractivity contribution in [2.45, 2.75) is 70.3 Å². The number of benzene rings is 3. The van der Waals surface area contributed by atoms with Gasteiger partial charge in [-0.05, 0) is 72.0 Å². The van der Waals surface area contributed by atoms with E-state index in [9.17, 15) is 14.0 Å². The van der Waals surface area contributed by atoms with Crippen molar-refractivity contribution in [1.82, 2.24) is 0 Å². The number of unbranched alkanes of at least 4 members (excludes halogenated alkanes) is 3. The Balaban J connectivity index is 1.13. The van der Waals surface area contributed by atoms with Gasteiger partial charge in [0, 0.05) is 72.2 Å². The number of hydrogen-bond donors (Lipinski definition) is 0. The number of esters is 1. The van der Waals surface area contributed by atoms with E-state index in [1.807, 2.05) is 12.1 Å². The molecule has 51 heavy (non-hydrogen) atoms. The Morgan fingerprint density at radius 1 is 0.824 bits per heavy atom. The fourth-order valence-corrected chi connectivity index (χ4v) is 11.6. The van der Waals surface area contributed by atoms with Crippen LogP contribution in [0.1, 0.15) is 82.9 Å². The number of nitrogens with zero attached hydrogens (tertiary/aromatic N) is 2. The molecule has 1 unspecified atom stereocenters. The lowest BCUT2D eigenvalue weighted by Gasteiger charge is -2.46. The Morgan fingerprint density at radius 3 is 2.04 bits per heavy atom. The zero-order chi connectivity index (χ0) is 35.8. The molecule has 0 aliphatic carbocycles. The minimum absolute atomic E-state index is 0.00575. The van der Waals surface area contributed by atoms with Crippen LogP contribution in [0, 0.1) is 5.92 Å². The molecule has 0 saturated carbocycles. The lowest BCUT2D eigenvalue weighted by Crippen LogP contribution is -2.64. The third-order valence-electron chi connectivity index (χ3n) is 11.2. The average molecular weight is 733 g/mol. The highest BCUT2D eigenvalue weighted by molar-refractivity contribution is 7.01. The summed E-state index contributed by atoms with van der Waals surface area (Å²) < 4.78 is 31.9. The van der Waals surface area contributed by atoms with Crippen molar-refractivity contribution < 1.29 is 28.2 Å². The average Bonchev–Trinajstić information content (AvgIpc) is 3.40. The Kier molecular flexibility index (Phi) is 10.6. The quantitative estimate of drug-likeness (QED) is 0.0535. The van der Waals surface area contributed by atoms with Gasteiger partial charge in [0.25, 0.3) is 0 Å². The summed E-state index contributed by atoms with van der Waals surface area (Å²) in [4.78, 5) is 31.8. The van der Waals surface area contributed by atoms with Crippen molar-refractivity contribution in [1.29, 1.82) is 0 Å². The fraction of sp³-hybridized carbons (Fsp3) is 0.512. The molecule has 3 aromatic carbocycles. The van der Waals surface area contributed by atoms with Gasteiger partial charge in [0.15, 0.2) is 11.4 Å². The highest BCUT2D eigenvalue weighted by Gasteiger charge is 2.56. The molecule has 10 heteroatoms. The molecule has 1 spiro atoms. The molecule has 0 radical (unpaired) electrons. The predicted octanol–water partition coefficient (Wildman–Crippen LogP) is 6.69. The van der Waals surface area contributed by atoms with Crippen molar-refractivity contribution in [3.8, 4) is 0 Å². The molecule has 1 atom stereocenters. The van der Waals surface area contributed by atoms with E-state index in [4.69, 9.17) is 25.8 Å². The zero-order valence-electron chi connectivity index (χ0n) is 30.1. The summed E-state index contributed by atoms with van der Waals surface area (Å²) in [6.07, 6.45) is 4.45. The van der Waals surface area contributed by atoms with Crippen LogP contribution in [0.3, 0.4) is 0 Å². The van der Waals surface area contributed by atoms with Crippen LogP contribution in [0.4, 0.5) is 15.8 Å². The van der Waals surface area contributed by atoms with E-state index in [0.29, 0.717) is 74.2 Å². The number of carbonyl (C=O) groups excluding carboxylic acids is 2. The number of ketones is 1. The summed E-state index contributed by atoms with van der Waals surface area (Å²) in [5, 5.41) is 2.40. The molecule has 272 valence electrons. The summed E-state index contributed by atoms with van der Waals surface area (Å²) >= 11 is 5.73. The van der Waals surface area contributed by atoms with Crippen molar-refractivity contribution >= 4 is 53.2 Å². The number of rotatable bonds is 16. The summed E-state index contributed by atoms with van der Waals surface area (Å²) in [6.45, 7) is 12.0. The number of anilines is 2. The number of hydrogen-bond acceptors (Lipinski definition) is 7. The van der Waals surface area contributed by atoms with Crippen molar-refractivity contribution in [2.24, 2.45) is 5.92 Å². The molecule has 4 heterocycles. The largest absolute Gasteiger partial charge is 0.441 e. The molecule has 0 amide bonds. The van der Waals surface area contributed by atoms with Gasteiger partial charge in [-0.25, -0.2) is 9.18 Å².